The Labute approximate surface area is 186 Å². The molecule has 0 amide bonds. The molecule has 0 saturated carbocycles. The Morgan fingerprint density at radius 1 is 0.821 bits per heavy atom. The van der Waals surface area contributed by atoms with Crippen molar-refractivity contribution in [2.75, 3.05) is 12.5 Å². The van der Waals surface area contributed by atoms with Gasteiger partial charge >= 0.3 is 0 Å². The van der Waals surface area contributed by atoms with Gasteiger partial charge in [0.15, 0.2) is 0 Å². The molecule has 0 atom stereocenters. The van der Waals surface area contributed by atoms with E-state index in [2.05, 4.69) is 108 Å². The lowest BCUT2D eigenvalue weighted by Crippen LogP contribution is -1.98. The van der Waals surface area contributed by atoms with Gasteiger partial charge in [-0.2, -0.15) is 0 Å². The van der Waals surface area contributed by atoms with Gasteiger partial charge in [0.05, 0.1) is 6.61 Å². The predicted octanol–water partition coefficient (Wildman–Crippen LogP) is 7.67. The van der Waals surface area contributed by atoms with Gasteiger partial charge in [-0.15, -0.1) is 11.6 Å². The third-order valence-corrected chi connectivity index (χ3v) is 5.59. The molecule has 0 heterocycles. The maximum Gasteiger partial charge on any atom is 0.119 e. The summed E-state index contributed by atoms with van der Waals surface area (Å²) in [5.74, 6) is 1.50. The number of alkyl halides is 1. The van der Waals surface area contributed by atoms with Crippen LogP contribution in [0.25, 0.3) is 11.1 Å². The molecule has 0 bridgehead atoms. The minimum absolute atomic E-state index is 0.620. The van der Waals surface area contributed by atoms with Crippen molar-refractivity contribution < 1.29 is 4.74 Å². The van der Waals surface area contributed by atoms with Crippen LogP contribution in [0.1, 0.15) is 36.5 Å². The van der Waals surface area contributed by atoms with E-state index in [9.17, 15) is 0 Å². The standard InChI is InChI=1S/C25H24ClIO/c1-2-24(19-7-4-3-5-8-19)25(20-9-13-22(27)14-10-20)21-11-15-23(16-12-21)28-18-6-17-26/h3-5,7-16H,2,6,17-18H2,1H3/b25-24-. The topological polar surface area (TPSA) is 9.23 Å². The Morgan fingerprint density at radius 2 is 1.43 bits per heavy atom. The van der Waals surface area contributed by atoms with E-state index in [1.165, 1.54) is 31.4 Å². The number of rotatable bonds is 8. The molecular weight excluding hydrogens is 479 g/mol. The van der Waals surface area contributed by atoms with Crippen LogP contribution < -0.4 is 4.74 Å². The van der Waals surface area contributed by atoms with E-state index < -0.39 is 0 Å². The average Bonchev–Trinajstić information content (AvgIpc) is 2.74. The summed E-state index contributed by atoms with van der Waals surface area (Å²) in [6.45, 7) is 2.87. The summed E-state index contributed by atoms with van der Waals surface area (Å²) in [6, 6.07) is 27.8. The summed E-state index contributed by atoms with van der Waals surface area (Å²) >= 11 is 8.09. The normalized spacial score (nSPS) is 11.8. The van der Waals surface area contributed by atoms with E-state index in [0.29, 0.717) is 12.5 Å². The monoisotopic (exact) mass is 502 g/mol. The highest BCUT2D eigenvalue weighted by Crippen LogP contribution is 2.35. The first-order valence-electron chi connectivity index (χ1n) is 9.56. The molecule has 0 radical (unpaired) electrons. The lowest BCUT2D eigenvalue weighted by Gasteiger charge is -2.17. The van der Waals surface area contributed by atoms with Crippen LogP contribution in [0.4, 0.5) is 0 Å². The molecule has 0 aliphatic rings. The highest BCUT2D eigenvalue weighted by atomic mass is 127. The second-order valence-electron chi connectivity index (χ2n) is 6.50. The maximum absolute atomic E-state index is 5.77. The van der Waals surface area contributed by atoms with Gasteiger partial charge in [-0.1, -0.05) is 61.5 Å². The molecule has 0 saturated heterocycles. The zero-order chi connectivity index (χ0) is 19.8. The van der Waals surface area contributed by atoms with Crippen LogP contribution in [-0.2, 0) is 0 Å². The number of hydrogen-bond donors (Lipinski definition) is 0. The van der Waals surface area contributed by atoms with E-state index in [1.807, 2.05) is 0 Å². The third-order valence-electron chi connectivity index (χ3n) is 4.60. The summed E-state index contributed by atoms with van der Waals surface area (Å²) in [6.07, 6.45) is 1.81. The predicted molar refractivity (Wildman–Crippen MR) is 129 cm³/mol. The molecule has 0 spiro atoms. The summed E-state index contributed by atoms with van der Waals surface area (Å²) in [5, 5.41) is 0. The first kappa shape index (κ1) is 20.9. The smallest absolute Gasteiger partial charge is 0.119 e. The molecule has 0 aliphatic heterocycles. The number of allylic oxidation sites excluding steroid dienone is 1. The molecule has 28 heavy (non-hydrogen) atoms. The van der Waals surface area contributed by atoms with Crippen molar-refractivity contribution in [3.8, 4) is 5.75 Å². The fourth-order valence-corrected chi connectivity index (χ4v) is 3.73. The van der Waals surface area contributed by atoms with Gasteiger partial charge in [-0.25, -0.2) is 0 Å². The molecule has 3 rings (SSSR count). The maximum atomic E-state index is 5.77. The molecule has 0 unspecified atom stereocenters. The molecule has 0 fully saturated rings. The minimum atomic E-state index is 0.620. The van der Waals surface area contributed by atoms with Gasteiger partial charge in [0, 0.05) is 9.45 Å². The summed E-state index contributed by atoms with van der Waals surface area (Å²) in [5.41, 5.74) is 6.32. The summed E-state index contributed by atoms with van der Waals surface area (Å²) in [7, 11) is 0. The van der Waals surface area contributed by atoms with Crippen LogP contribution >= 0.6 is 34.2 Å². The van der Waals surface area contributed by atoms with Gasteiger partial charge in [0.2, 0.25) is 0 Å². The second-order valence-corrected chi connectivity index (χ2v) is 8.12. The molecule has 0 aliphatic carbocycles. The van der Waals surface area contributed by atoms with Crippen molar-refractivity contribution in [1.29, 1.82) is 0 Å². The Kier molecular flexibility index (Phi) is 7.99. The fraction of sp³-hybridized carbons (Fsp3) is 0.200. The van der Waals surface area contributed by atoms with Crippen LogP contribution in [0, 0.1) is 3.57 Å². The van der Waals surface area contributed by atoms with Crippen molar-refractivity contribution in [3.63, 3.8) is 0 Å². The van der Waals surface area contributed by atoms with Crippen molar-refractivity contribution in [3.05, 3.63) is 99.1 Å². The molecule has 3 heteroatoms. The third kappa shape index (κ3) is 5.39. The molecule has 0 aromatic heterocycles. The van der Waals surface area contributed by atoms with Crippen LogP contribution in [-0.4, -0.2) is 12.5 Å². The second kappa shape index (κ2) is 10.7. The summed E-state index contributed by atoms with van der Waals surface area (Å²) < 4.78 is 7.01. The number of halogens is 2. The Bertz CT molecular complexity index is 900. The SMILES string of the molecule is CC/C(=C(\c1ccc(I)cc1)c1ccc(OCCCCl)cc1)c1ccccc1. The zero-order valence-corrected chi connectivity index (χ0v) is 18.9. The molecule has 3 aromatic carbocycles. The first-order chi connectivity index (χ1) is 13.7. The van der Waals surface area contributed by atoms with Crippen molar-refractivity contribution in [1.82, 2.24) is 0 Å². The van der Waals surface area contributed by atoms with Gasteiger partial charge < -0.3 is 4.74 Å². The van der Waals surface area contributed by atoms with Crippen molar-refractivity contribution >= 4 is 45.3 Å². The van der Waals surface area contributed by atoms with E-state index in [0.717, 1.165) is 18.6 Å². The lowest BCUT2D eigenvalue weighted by molar-refractivity contribution is 0.318. The highest BCUT2D eigenvalue weighted by molar-refractivity contribution is 14.1. The molecule has 1 nitrogen and oxygen atoms in total. The largest absolute Gasteiger partial charge is 0.494 e. The van der Waals surface area contributed by atoms with Gasteiger partial charge in [-0.05, 0) is 87.5 Å². The summed E-state index contributed by atoms with van der Waals surface area (Å²) in [4.78, 5) is 0. The van der Waals surface area contributed by atoms with Gasteiger partial charge in [0.1, 0.15) is 5.75 Å². The highest BCUT2D eigenvalue weighted by Gasteiger charge is 2.13. The minimum Gasteiger partial charge on any atom is -0.494 e. The first-order valence-corrected chi connectivity index (χ1v) is 11.2. The van der Waals surface area contributed by atoms with Crippen LogP contribution in [0.2, 0.25) is 0 Å². The van der Waals surface area contributed by atoms with E-state index in [-0.39, 0.29) is 0 Å². The Balaban J connectivity index is 2.06. The molecule has 0 N–H and O–H groups in total. The van der Waals surface area contributed by atoms with E-state index in [4.69, 9.17) is 16.3 Å². The van der Waals surface area contributed by atoms with Crippen LogP contribution in [0.15, 0.2) is 78.9 Å². The quantitative estimate of drug-likeness (QED) is 0.133. The van der Waals surface area contributed by atoms with E-state index in [1.54, 1.807) is 0 Å². The van der Waals surface area contributed by atoms with Crippen LogP contribution in [0.5, 0.6) is 5.75 Å². The van der Waals surface area contributed by atoms with Crippen molar-refractivity contribution in [2.24, 2.45) is 0 Å². The van der Waals surface area contributed by atoms with Gasteiger partial charge in [-0.3, -0.25) is 0 Å². The zero-order valence-electron chi connectivity index (χ0n) is 16.0. The number of ether oxygens (including phenoxy) is 1. The lowest BCUT2D eigenvalue weighted by atomic mass is 9.88. The molecule has 3 aromatic rings. The number of hydrogen-bond acceptors (Lipinski definition) is 1. The van der Waals surface area contributed by atoms with Crippen LogP contribution in [0.3, 0.4) is 0 Å². The van der Waals surface area contributed by atoms with Crippen molar-refractivity contribution in [2.45, 2.75) is 19.8 Å². The van der Waals surface area contributed by atoms with E-state index >= 15 is 0 Å². The molecule has 144 valence electrons. The Hall–Kier alpha value is -1.78. The Morgan fingerprint density at radius 3 is 2.00 bits per heavy atom. The van der Waals surface area contributed by atoms with Gasteiger partial charge in [0.25, 0.3) is 0 Å². The average molecular weight is 503 g/mol. The molecular formula is C25H24ClIO. The number of benzene rings is 3. The fourth-order valence-electron chi connectivity index (χ4n) is 3.26.